The zero-order chi connectivity index (χ0) is 14.0. The van der Waals surface area contributed by atoms with Crippen molar-refractivity contribution in [2.75, 3.05) is 78.6 Å². The number of aliphatic hydroxyl groups is 1. The Balaban J connectivity index is 2.88. The minimum Gasteiger partial charge on any atom is -0.394 e. The molecule has 0 atom stereocenters. The van der Waals surface area contributed by atoms with Crippen LogP contribution in [0.1, 0.15) is 0 Å². The third kappa shape index (κ3) is 18.1. The standard InChI is InChI=1S/C12H25ClO6/c13-1-3-15-5-7-17-9-11-19-12-10-18-8-6-16-4-2-14/h14H,1-12H2. The maximum atomic E-state index is 8.46. The summed E-state index contributed by atoms with van der Waals surface area (Å²) in [6, 6.07) is 0. The third-order valence-corrected chi connectivity index (χ3v) is 2.10. The van der Waals surface area contributed by atoms with Crippen LogP contribution in [0.2, 0.25) is 0 Å². The fourth-order valence-electron chi connectivity index (χ4n) is 1.10. The van der Waals surface area contributed by atoms with Gasteiger partial charge in [0.25, 0.3) is 0 Å². The summed E-state index contributed by atoms with van der Waals surface area (Å²) in [5.41, 5.74) is 0. The lowest BCUT2D eigenvalue weighted by atomic mass is 10.7. The van der Waals surface area contributed by atoms with Gasteiger partial charge in [-0.2, -0.15) is 0 Å². The summed E-state index contributed by atoms with van der Waals surface area (Å²) in [5, 5.41) is 8.46. The third-order valence-electron chi connectivity index (χ3n) is 1.95. The smallest absolute Gasteiger partial charge is 0.0701 e. The summed E-state index contributed by atoms with van der Waals surface area (Å²) in [6.07, 6.45) is 0. The van der Waals surface area contributed by atoms with Crippen LogP contribution < -0.4 is 0 Å². The van der Waals surface area contributed by atoms with Crippen LogP contribution >= 0.6 is 11.6 Å². The second-order valence-electron chi connectivity index (χ2n) is 3.47. The van der Waals surface area contributed by atoms with Crippen LogP contribution in [0.15, 0.2) is 0 Å². The predicted molar refractivity (Wildman–Crippen MR) is 71.9 cm³/mol. The normalized spacial score (nSPS) is 11.1. The molecule has 0 fully saturated rings. The van der Waals surface area contributed by atoms with Crippen molar-refractivity contribution >= 4 is 11.6 Å². The Morgan fingerprint density at radius 3 is 1.16 bits per heavy atom. The SMILES string of the molecule is OCCOCCOCCOCCOCCOCCCl. The van der Waals surface area contributed by atoms with Crippen LogP contribution in [-0.4, -0.2) is 83.7 Å². The van der Waals surface area contributed by atoms with Crippen molar-refractivity contribution in [1.82, 2.24) is 0 Å². The number of aliphatic hydroxyl groups excluding tert-OH is 1. The van der Waals surface area contributed by atoms with E-state index in [1.54, 1.807) is 0 Å². The number of hydrogen-bond acceptors (Lipinski definition) is 6. The van der Waals surface area contributed by atoms with Crippen molar-refractivity contribution in [2.24, 2.45) is 0 Å². The molecular formula is C12H25ClO6. The average Bonchev–Trinajstić information content (AvgIpc) is 2.43. The minimum absolute atomic E-state index is 0.0417. The van der Waals surface area contributed by atoms with Crippen LogP contribution in [-0.2, 0) is 23.7 Å². The van der Waals surface area contributed by atoms with E-state index in [0.29, 0.717) is 71.9 Å². The van der Waals surface area contributed by atoms with Crippen molar-refractivity contribution in [2.45, 2.75) is 0 Å². The summed E-state index contributed by atoms with van der Waals surface area (Å²) >= 11 is 5.44. The van der Waals surface area contributed by atoms with E-state index in [0.717, 1.165) is 0 Å². The molecule has 0 unspecified atom stereocenters. The van der Waals surface area contributed by atoms with E-state index in [-0.39, 0.29) is 6.61 Å². The van der Waals surface area contributed by atoms with Gasteiger partial charge in [0.15, 0.2) is 0 Å². The van der Waals surface area contributed by atoms with E-state index < -0.39 is 0 Å². The second kappa shape index (κ2) is 18.0. The minimum atomic E-state index is 0.0417. The zero-order valence-electron chi connectivity index (χ0n) is 11.4. The number of alkyl halides is 1. The molecule has 0 aromatic heterocycles. The first kappa shape index (κ1) is 19.1. The lowest BCUT2D eigenvalue weighted by Crippen LogP contribution is -2.13. The van der Waals surface area contributed by atoms with Crippen molar-refractivity contribution in [3.8, 4) is 0 Å². The van der Waals surface area contributed by atoms with Gasteiger partial charge in [-0.3, -0.25) is 0 Å². The fourth-order valence-corrected chi connectivity index (χ4v) is 1.21. The van der Waals surface area contributed by atoms with E-state index in [1.165, 1.54) is 0 Å². The zero-order valence-corrected chi connectivity index (χ0v) is 12.1. The molecule has 0 bridgehead atoms. The van der Waals surface area contributed by atoms with Gasteiger partial charge in [-0.15, -0.1) is 11.6 Å². The Morgan fingerprint density at radius 2 is 0.842 bits per heavy atom. The lowest BCUT2D eigenvalue weighted by molar-refractivity contribution is -0.0124. The molecule has 0 saturated heterocycles. The largest absolute Gasteiger partial charge is 0.394 e. The van der Waals surface area contributed by atoms with Crippen LogP contribution in [0.4, 0.5) is 0 Å². The molecule has 0 aliphatic heterocycles. The molecule has 0 aliphatic carbocycles. The van der Waals surface area contributed by atoms with E-state index in [9.17, 15) is 0 Å². The molecule has 0 radical (unpaired) electrons. The van der Waals surface area contributed by atoms with Gasteiger partial charge >= 0.3 is 0 Å². The highest BCUT2D eigenvalue weighted by Crippen LogP contribution is 1.84. The Morgan fingerprint density at radius 1 is 0.526 bits per heavy atom. The van der Waals surface area contributed by atoms with E-state index in [1.807, 2.05) is 0 Å². The summed E-state index contributed by atoms with van der Waals surface area (Å²) < 4.78 is 26.0. The summed E-state index contributed by atoms with van der Waals surface area (Å²) in [7, 11) is 0. The quantitative estimate of drug-likeness (QED) is 0.327. The van der Waals surface area contributed by atoms with E-state index in [2.05, 4.69) is 0 Å². The van der Waals surface area contributed by atoms with E-state index in [4.69, 9.17) is 40.4 Å². The Bertz CT molecular complexity index is 145. The fraction of sp³-hybridized carbons (Fsp3) is 1.00. The molecule has 19 heavy (non-hydrogen) atoms. The molecule has 0 rings (SSSR count). The van der Waals surface area contributed by atoms with Gasteiger partial charge in [0.05, 0.1) is 72.7 Å². The molecule has 0 spiro atoms. The maximum absolute atomic E-state index is 8.46. The molecule has 1 N–H and O–H groups in total. The highest BCUT2D eigenvalue weighted by atomic mass is 35.5. The molecule has 0 aromatic rings. The van der Waals surface area contributed by atoms with Gasteiger partial charge in [0, 0.05) is 5.88 Å². The van der Waals surface area contributed by atoms with Gasteiger partial charge < -0.3 is 28.8 Å². The number of halogens is 1. The van der Waals surface area contributed by atoms with Gasteiger partial charge in [-0.1, -0.05) is 0 Å². The van der Waals surface area contributed by atoms with Crippen LogP contribution in [0, 0.1) is 0 Å². The highest BCUT2D eigenvalue weighted by Gasteiger charge is 1.92. The van der Waals surface area contributed by atoms with Crippen LogP contribution in [0.3, 0.4) is 0 Å². The maximum Gasteiger partial charge on any atom is 0.0701 e. The average molecular weight is 301 g/mol. The number of rotatable bonds is 16. The molecule has 0 heterocycles. The first-order chi connectivity index (χ1) is 9.41. The molecular weight excluding hydrogens is 276 g/mol. The summed E-state index contributed by atoms with van der Waals surface area (Å²) in [4.78, 5) is 0. The van der Waals surface area contributed by atoms with Crippen LogP contribution in [0.5, 0.6) is 0 Å². The van der Waals surface area contributed by atoms with Crippen molar-refractivity contribution in [1.29, 1.82) is 0 Å². The Labute approximate surface area is 119 Å². The van der Waals surface area contributed by atoms with Gasteiger partial charge in [-0.05, 0) is 0 Å². The second-order valence-corrected chi connectivity index (χ2v) is 3.85. The molecule has 0 saturated carbocycles. The number of ether oxygens (including phenoxy) is 5. The lowest BCUT2D eigenvalue weighted by Gasteiger charge is -2.07. The Hall–Kier alpha value is 0.0500. The first-order valence-corrected chi connectivity index (χ1v) is 7.00. The summed E-state index contributed by atoms with van der Waals surface area (Å²) in [6.45, 7) is 5.22. The van der Waals surface area contributed by atoms with Crippen molar-refractivity contribution < 1.29 is 28.8 Å². The van der Waals surface area contributed by atoms with Crippen LogP contribution in [0.25, 0.3) is 0 Å². The first-order valence-electron chi connectivity index (χ1n) is 6.47. The highest BCUT2D eigenvalue weighted by molar-refractivity contribution is 6.17. The molecule has 0 amide bonds. The molecule has 0 aromatic carbocycles. The van der Waals surface area contributed by atoms with Gasteiger partial charge in [0.2, 0.25) is 0 Å². The molecule has 6 nitrogen and oxygen atoms in total. The monoisotopic (exact) mass is 300 g/mol. The topological polar surface area (TPSA) is 66.4 Å². The van der Waals surface area contributed by atoms with Crippen molar-refractivity contribution in [3.63, 3.8) is 0 Å². The molecule has 116 valence electrons. The van der Waals surface area contributed by atoms with E-state index >= 15 is 0 Å². The summed E-state index contributed by atoms with van der Waals surface area (Å²) in [5.74, 6) is 0.508. The molecule has 7 heteroatoms. The molecule has 0 aliphatic rings. The van der Waals surface area contributed by atoms with Gasteiger partial charge in [-0.25, -0.2) is 0 Å². The van der Waals surface area contributed by atoms with Gasteiger partial charge in [0.1, 0.15) is 0 Å². The predicted octanol–water partition coefficient (Wildman–Crippen LogP) is 0.301. The number of hydrogen-bond donors (Lipinski definition) is 1. The van der Waals surface area contributed by atoms with Crippen molar-refractivity contribution in [3.05, 3.63) is 0 Å². The Kier molecular flexibility index (Phi) is 18.1.